The fourth-order valence-corrected chi connectivity index (χ4v) is 6.24. The van der Waals surface area contributed by atoms with Crippen molar-refractivity contribution in [2.75, 3.05) is 13.6 Å². The molecule has 1 aromatic carbocycles. The van der Waals surface area contributed by atoms with Crippen LogP contribution in [0.1, 0.15) is 28.3 Å². The summed E-state index contributed by atoms with van der Waals surface area (Å²) in [7, 11) is 1.67. The monoisotopic (exact) mass is 440 g/mol. The van der Waals surface area contributed by atoms with E-state index in [2.05, 4.69) is 10.3 Å². The zero-order valence-electron chi connectivity index (χ0n) is 16.4. The molecule has 1 unspecified atom stereocenters. The third-order valence-electron chi connectivity index (χ3n) is 5.77. The van der Waals surface area contributed by atoms with Crippen LogP contribution in [0.25, 0.3) is 10.2 Å². The third-order valence-corrected chi connectivity index (χ3v) is 7.77. The third kappa shape index (κ3) is 3.00. The van der Waals surface area contributed by atoms with Crippen LogP contribution in [0.5, 0.6) is 0 Å². The van der Waals surface area contributed by atoms with Gasteiger partial charge in [0.15, 0.2) is 0 Å². The maximum absolute atomic E-state index is 13.3. The second kappa shape index (κ2) is 7.17. The molecule has 9 heteroatoms. The lowest BCUT2D eigenvalue weighted by atomic mass is 9.80. The molecule has 3 aromatic rings. The van der Waals surface area contributed by atoms with Crippen LogP contribution in [0.4, 0.5) is 4.79 Å². The van der Waals surface area contributed by atoms with Crippen molar-refractivity contribution in [2.45, 2.75) is 31.3 Å². The van der Waals surface area contributed by atoms with Gasteiger partial charge in [0.25, 0.3) is 5.91 Å². The van der Waals surface area contributed by atoms with Gasteiger partial charge in [0, 0.05) is 17.5 Å². The van der Waals surface area contributed by atoms with Crippen LogP contribution in [0, 0.1) is 0 Å². The van der Waals surface area contributed by atoms with Gasteiger partial charge in [-0.3, -0.25) is 14.5 Å². The molecule has 1 aliphatic heterocycles. The highest BCUT2D eigenvalue weighted by molar-refractivity contribution is 7.18. The summed E-state index contributed by atoms with van der Waals surface area (Å²) in [5.74, 6) is -0.621. The summed E-state index contributed by atoms with van der Waals surface area (Å²) in [5, 5.41) is 5.66. The maximum Gasteiger partial charge on any atom is 0.325 e. The van der Waals surface area contributed by atoms with Crippen molar-refractivity contribution < 1.29 is 14.4 Å². The Balaban J connectivity index is 1.31. The van der Waals surface area contributed by atoms with Gasteiger partial charge in [0.1, 0.15) is 17.1 Å². The number of amides is 4. The van der Waals surface area contributed by atoms with E-state index in [9.17, 15) is 14.4 Å². The number of hydrogen-bond donors (Lipinski definition) is 1. The quantitative estimate of drug-likeness (QED) is 0.632. The number of likely N-dealkylation sites (N-methyl/N-ethyl adjacent to an activating group) is 1. The SMILES string of the molecule is CN(Cc1nc2ccccc2s1)C(=O)CN1C(=O)NC2(CCCc3sccc32)C1=O. The Morgan fingerprint density at radius 3 is 2.97 bits per heavy atom. The van der Waals surface area contributed by atoms with Crippen molar-refractivity contribution in [3.8, 4) is 0 Å². The topological polar surface area (TPSA) is 82.6 Å². The second-order valence-corrected chi connectivity index (χ2v) is 9.78. The zero-order valence-corrected chi connectivity index (χ0v) is 18.0. The first kappa shape index (κ1) is 19.2. The fraction of sp³-hybridized carbons (Fsp3) is 0.333. The van der Waals surface area contributed by atoms with Gasteiger partial charge in [-0.2, -0.15) is 0 Å². The Bertz CT molecular complexity index is 1140. The summed E-state index contributed by atoms with van der Waals surface area (Å²) in [5.41, 5.74) is 0.768. The van der Waals surface area contributed by atoms with Gasteiger partial charge in [-0.15, -0.1) is 22.7 Å². The van der Waals surface area contributed by atoms with Gasteiger partial charge in [-0.05, 0) is 42.8 Å². The molecule has 7 nitrogen and oxygen atoms in total. The summed E-state index contributed by atoms with van der Waals surface area (Å²) >= 11 is 3.14. The molecule has 0 bridgehead atoms. The number of aryl methyl sites for hydroxylation is 1. The minimum Gasteiger partial charge on any atom is -0.337 e. The van der Waals surface area contributed by atoms with Crippen molar-refractivity contribution >= 4 is 50.7 Å². The van der Waals surface area contributed by atoms with E-state index in [4.69, 9.17) is 0 Å². The summed E-state index contributed by atoms with van der Waals surface area (Å²) < 4.78 is 1.06. The van der Waals surface area contributed by atoms with Crippen LogP contribution in [-0.2, 0) is 28.1 Å². The molecule has 30 heavy (non-hydrogen) atoms. The molecule has 1 aliphatic carbocycles. The average molecular weight is 441 g/mol. The van der Waals surface area contributed by atoms with Gasteiger partial charge < -0.3 is 10.2 Å². The Kier molecular flexibility index (Phi) is 4.59. The minimum atomic E-state index is -1.02. The fourth-order valence-electron chi connectivity index (χ4n) is 4.22. The predicted octanol–water partition coefficient (Wildman–Crippen LogP) is 3.10. The minimum absolute atomic E-state index is 0.271. The average Bonchev–Trinajstić information content (AvgIpc) is 3.42. The number of urea groups is 1. The zero-order chi connectivity index (χ0) is 20.9. The molecule has 3 heterocycles. The lowest BCUT2D eigenvalue weighted by molar-refractivity contribution is -0.139. The van der Waals surface area contributed by atoms with Gasteiger partial charge in [0.2, 0.25) is 5.91 Å². The number of thiazole rings is 1. The lowest BCUT2D eigenvalue weighted by Gasteiger charge is -2.31. The number of rotatable bonds is 4. The van der Waals surface area contributed by atoms with Crippen molar-refractivity contribution in [3.05, 3.63) is 51.2 Å². The molecular formula is C21H20N4O3S2. The van der Waals surface area contributed by atoms with Crippen LogP contribution in [0.15, 0.2) is 35.7 Å². The Labute approximate surface area is 181 Å². The predicted molar refractivity (Wildman–Crippen MR) is 115 cm³/mol. The van der Waals surface area contributed by atoms with Crippen molar-refractivity contribution in [1.82, 2.24) is 20.1 Å². The van der Waals surface area contributed by atoms with Crippen LogP contribution in [-0.4, -0.2) is 46.2 Å². The van der Waals surface area contributed by atoms with E-state index in [0.717, 1.165) is 43.4 Å². The molecule has 2 aromatic heterocycles. The number of hydrogen-bond acceptors (Lipinski definition) is 6. The molecule has 0 radical (unpaired) electrons. The van der Waals surface area contributed by atoms with E-state index in [1.807, 2.05) is 35.7 Å². The van der Waals surface area contributed by atoms with Crippen LogP contribution in [0.2, 0.25) is 0 Å². The first-order chi connectivity index (χ1) is 14.5. The second-order valence-electron chi connectivity index (χ2n) is 7.66. The number of aromatic nitrogens is 1. The summed E-state index contributed by atoms with van der Waals surface area (Å²) in [4.78, 5) is 47.0. The Morgan fingerprint density at radius 1 is 1.30 bits per heavy atom. The van der Waals surface area contributed by atoms with Crippen LogP contribution in [0.3, 0.4) is 0 Å². The first-order valence-corrected chi connectivity index (χ1v) is 11.5. The van der Waals surface area contributed by atoms with Gasteiger partial charge in [0.05, 0.1) is 16.8 Å². The summed E-state index contributed by atoms with van der Waals surface area (Å²) in [6.45, 7) is 0.0644. The standard InChI is InChI=1S/C21H20N4O3S2/c1-24(11-17-22-14-5-2-3-6-16(14)30-17)18(26)12-25-19(27)21(23-20(25)28)9-4-7-15-13(21)8-10-29-15/h2-3,5-6,8,10H,4,7,9,11-12H2,1H3,(H,23,28). The first-order valence-electron chi connectivity index (χ1n) is 9.77. The van der Waals surface area contributed by atoms with Crippen molar-refractivity contribution in [3.63, 3.8) is 0 Å². The molecular weight excluding hydrogens is 420 g/mol. The Hall–Kier alpha value is -2.78. The number of nitrogens with one attached hydrogen (secondary N) is 1. The molecule has 1 fully saturated rings. The smallest absolute Gasteiger partial charge is 0.325 e. The molecule has 1 atom stereocenters. The lowest BCUT2D eigenvalue weighted by Crippen LogP contribution is -2.46. The number of thiophene rings is 1. The van der Waals surface area contributed by atoms with E-state index in [1.54, 1.807) is 18.4 Å². The molecule has 4 amide bonds. The molecule has 5 rings (SSSR count). The molecule has 2 aliphatic rings. The van der Waals surface area contributed by atoms with E-state index in [-0.39, 0.29) is 18.4 Å². The van der Waals surface area contributed by atoms with Crippen LogP contribution < -0.4 is 5.32 Å². The molecule has 1 spiro atoms. The number of nitrogens with zero attached hydrogens (tertiary/aromatic N) is 3. The van der Waals surface area contributed by atoms with E-state index >= 15 is 0 Å². The normalized spacial score (nSPS) is 20.6. The number of carbonyl (C=O) groups excluding carboxylic acids is 3. The summed E-state index contributed by atoms with van der Waals surface area (Å²) in [6.07, 6.45) is 2.31. The molecule has 1 saturated heterocycles. The Morgan fingerprint density at radius 2 is 2.13 bits per heavy atom. The highest BCUT2D eigenvalue weighted by Gasteiger charge is 2.54. The van der Waals surface area contributed by atoms with E-state index in [1.165, 1.54) is 16.2 Å². The highest BCUT2D eigenvalue weighted by atomic mass is 32.1. The number of benzene rings is 1. The maximum atomic E-state index is 13.3. The van der Waals surface area contributed by atoms with Crippen LogP contribution >= 0.6 is 22.7 Å². The molecule has 0 saturated carbocycles. The summed E-state index contributed by atoms with van der Waals surface area (Å²) in [6, 6.07) is 9.23. The number of imide groups is 1. The number of para-hydroxylation sites is 1. The van der Waals surface area contributed by atoms with Crippen molar-refractivity contribution in [1.29, 1.82) is 0 Å². The van der Waals surface area contributed by atoms with Gasteiger partial charge >= 0.3 is 6.03 Å². The number of fused-ring (bicyclic) bond motifs is 3. The van der Waals surface area contributed by atoms with E-state index in [0.29, 0.717) is 13.0 Å². The molecule has 1 N–H and O–H groups in total. The number of carbonyl (C=O) groups is 3. The van der Waals surface area contributed by atoms with Crippen molar-refractivity contribution in [2.24, 2.45) is 0 Å². The van der Waals surface area contributed by atoms with E-state index < -0.39 is 11.6 Å². The largest absolute Gasteiger partial charge is 0.337 e. The molecule has 154 valence electrons. The van der Waals surface area contributed by atoms with Gasteiger partial charge in [-0.1, -0.05) is 12.1 Å². The highest BCUT2D eigenvalue weighted by Crippen LogP contribution is 2.42. The van der Waals surface area contributed by atoms with Gasteiger partial charge in [-0.25, -0.2) is 9.78 Å².